The van der Waals surface area contributed by atoms with Crippen LogP contribution in [0, 0.1) is 0 Å². The van der Waals surface area contributed by atoms with E-state index < -0.39 is 0 Å². The van der Waals surface area contributed by atoms with E-state index in [4.69, 9.17) is 16.3 Å². The Morgan fingerprint density at radius 1 is 1.05 bits per heavy atom. The number of ether oxygens (including phenoxy) is 1. The SMILES string of the molecule is COc1ccccc1CNC(CCl)c1ccccc1. The second-order valence-electron chi connectivity index (χ2n) is 4.31. The first-order valence-electron chi connectivity index (χ1n) is 6.31. The molecule has 1 N–H and O–H groups in total. The standard InChI is InChI=1S/C16H18ClNO/c1-19-16-10-6-5-9-14(16)12-18-15(11-17)13-7-3-2-4-8-13/h2-10,15,18H,11-12H2,1H3. The number of hydrogen-bond donors (Lipinski definition) is 1. The average Bonchev–Trinajstić information content (AvgIpc) is 2.49. The smallest absolute Gasteiger partial charge is 0.123 e. The molecule has 0 bridgehead atoms. The molecule has 0 heterocycles. The number of nitrogens with one attached hydrogen (secondary N) is 1. The minimum atomic E-state index is 0.146. The minimum absolute atomic E-state index is 0.146. The summed E-state index contributed by atoms with van der Waals surface area (Å²) in [5, 5.41) is 3.46. The van der Waals surface area contributed by atoms with Gasteiger partial charge in [0.05, 0.1) is 7.11 Å². The van der Waals surface area contributed by atoms with Crippen LogP contribution in [0.15, 0.2) is 54.6 Å². The predicted molar refractivity (Wildman–Crippen MR) is 79.7 cm³/mol. The number of alkyl halides is 1. The molecule has 2 rings (SSSR count). The summed E-state index contributed by atoms with van der Waals surface area (Å²) in [7, 11) is 1.69. The molecule has 0 amide bonds. The van der Waals surface area contributed by atoms with Crippen LogP contribution in [0.5, 0.6) is 5.75 Å². The highest BCUT2D eigenvalue weighted by molar-refractivity contribution is 6.18. The zero-order chi connectivity index (χ0) is 13.5. The van der Waals surface area contributed by atoms with Gasteiger partial charge in [-0.15, -0.1) is 11.6 Å². The number of hydrogen-bond acceptors (Lipinski definition) is 2. The maximum absolute atomic E-state index is 6.05. The Kier molecular flexibility index (Phi) is 5.25. The van der Waals surface area contributed by atoms with Gasteiger partial charge in [-0.1, -0.05) is 48.5 Å². The van der Waals surface area contributed by atoms with Crippen molar-refractivity contribution in [1.82, 2.24) is 5.32 Å². The highest BCUT2D eigenvalue weighted by Crippen LogP contribution is 2.19. The van der Waals surface area contributed by atoms with Gasteiger partial charge in [-0.05, 0) is 11.6 Å². The summed E-state index contributed by atoms with van der Waals surface area (Å²) in [5.74, 6) is 1.44. The summed E-state index contributed by atoms with van der Waals surface area (Å²) < 4.78 is 5.34. The first kappa shape index (κ1) is 13.9. The normalized spacial score (nSPS) is 12.1. The molecule has 0 aliphatic carbocycles. The zero-order valence-corrected chi connectivity index (χ0v) is 11.7. The summed E-state index contributed by atoms with van der Waals surface area (Å²) >= 11 is 6.05. The molecule has 0 aromatic heterocycles. The zero-order valence-electron chi connectivity index (χ0n) is 11.0. The van der Waals surface area contributed by atoms with Crippen LogP contribution in [-0.4, -0.2) is 13.0 Å². The topological polar surface area (TPSA) is 21.3 Å². The lowest BCUT2D eigenvalue weighted by atomic mass is 10.1. The third-order valence-corrected chi connectivity index (χ3v) is 3.40. The van der Waals surface area contributed by atoms with Gasteiger partial charge < -0.3 is 10.1 Å². The first-order valence-corrected chi connectivity index (χ1v) is 6.84. The van der Waals surface area contributed by atoms with Crippen molar-refractivity contribution in [2.24, 2.45) is 0 Å². The Hall–Kier alpha value is -1.51. The van der Waals surface area contributed by atoms with Crippen molar-refractivity contribution >= 4 is 11.6 Å². The Morgan fingerprint density at radius 2 is 1.74 bits per heavy atom. The predicted octanol–water partition coefficient (Wildman–Crippen LogP) is 3.76. The van der Waals surface area contributed by atoms with Crippen molar-refractivity contribution in [3.63, 3.8) is 0 Å². The van der Waals surface area contributed by atoms with Crippen LogP contribution in [0.1, 0.15) is 17.2 Å². The maximum Gasteiger partial charge on any atom is 0.123 e. The summed E-state index contributed by atoms with van der Waals surface area (Å²) in [4.78, 5) is 0. The maximum atomic E-state index is 6.05. The first-order chi connectivity index (χ1) is 9.35. The van der Waals surface area contributed by atoms with E-state index in [1.54, 1.807) is 7.11 Å². The van der Waals surface area contributed by atoms with Crippen molar-refractivity contribution in [2.45, 2.75) is 12.6 Å². The van der Waals surface area contributed by atoms with Gasteiger partial charge >= 0.3 is 0 Å². The molecule has 1 atom stereocenters. The number of rotatable bonds is 6. The van der Waals surface area contributed by atoms with Crippen LogP contribution in [0.2, 0.25) is 0 Å². The lowest BCUT2D eigenvalue weighted by molar-refractivity contribution is 0.406. The molecule has 0 aliphatic rings. The molecule has 2 nitrogen and oxygen atoms in total. The molecular weight excluding hydrogens is 258 g/mol. The van der Waals surface area contributed by atoms with E-state index in [0.717, 1.165) is 17.9 Å². The highest BCUT2D eigenvalue weighted by Gasteiger charge is 2.10. The Balaban J connectivity index is 2.04. The number of methoxy groups -OCH3 is 1. The fourth-order valence-electron chi connectivity index (χ4n) is 2.03. The number of para-hydroxylation sites is 1. The number of halogens is 1. The van der Waals surface area contributed by atoms with E-state index >= 15 is 0 Å². The van der Waals surface area contributed by atoms with Crippen LogP contribution < -0.4 is 10.1 Å². The highest BCUT2D eigenvalue weighted by atomic mass is 35.5. The lowest BCUT2D eigenvalue weighted by Crippen LogP contribution is -2.22. The van der Waals surface area contributed by atoms with Gasteiger partial charge in [0, 0.05) is 24.0 Å². The summed E-state index contributed by atoms with van der Waals surface area (Å²) in [6, 6.07) is 18.4. The van der Waals surface area contributed by atoms with E-state index in [1.807, 2.05) is 36.4 Å². The Labute approximate surface area is 119 Å². The quantitative estimate of drug-likeness (QED) is 0.811. The Morgan fingerprint density at radius 3 is 2.42 bits per heavy atom. The van der Waals surface area contributed by atoms with Crippen LogP contribution >= 0.6 is 11.6 Å². The molecule has 0 radical (unpaired) electrons. The molecule has 0 aliphatic heterocycles. The molecule has 100 valence electrons. The van der Waals surface area contributed by atoms with Crippen LogP contribution in [0.4, 0.5) is 0 Å². The van der Waals surface area contributed by atoms with Gasteiger partial charge in [0.15, 0.2) is 0 Å². The monoisotopic (exact) mass is 275 g/mol. The van der Waals surface area contributed by atoms with E-state index in [0.29, 0.717) is 5.88 Å². The van der Waals surface area contributed by atoms with Gasteiger partial charge in [0.25, 0.3) is 0 Å². The molecule has 2 aromatic carbocycles. The number of benzene rings is 2. The lowest BCUT2D eigenvalue weighted by Gasteiger charge is -2.17. The average molecular weight is 276 g/mol. The van der Waals surface area contributed by atoms with Gasteiger partial charge in [-0.2, -0.15) is 0 Å². The summed E-state index contributed by atoms with van der Waals surface area (Å²) in [6.45, 7) is 0.732. The molecule has 2 aromatic rings. The van der Waals surface area contributed by atoms with Crippen LogP contribution in [0.25, 0.3) is 0 Å². The van der Waals surface area contributed by atoms with Crippen molar-refractivity contribution in [2.75, 3.05) is 13.0 Å². The van der Waals surface area contributed by atoms with Crippen LogP contribution in [0.3, 0.4) is 0 Å². The van der Waals surface area contributed by atoms with Gasteiger partial charge in [-0.3, -0.25) is 0 Å². The van der Waals surface area contributed by atoms with Gasteiger partial charge in [0.2, 0.25) is 0 Å². The fraction of sp³-hybridized carbons (Fsp3) is 0.250. The second kappa shape index (κ2) is 7.17. The third-order valence-electron chi connectivity index (χ3n) is 3.09. The van der Waals surface area contributed by atoms with Crippen molar-refractivity contribution in [1.29, 1.82) is 0 Å². The van der Waals surface area contributed by atoms with Gasteiger partial charge in [-0.25, -0.2) is 0 Å². The molecule has 19 heavy (non-hydrogen) atoms. The molecule has 0 saturated heterocycles. The Bertz CT molecular complexity index is 501. The third kappa shape index (κ3) is 3.72. The van der Waals surface area contributed by atoms with E-state index in [-0.39, 0.29) is 6.04 Å². The van der Waals surface area contributed by atoms with E-state index in [9.17, 15) is 0 Å². The van der Waals surface area contributed by atoms with Crippen LogP contribution in [-0.2, 0) is 6.54 Å². The largest absolute Gasteiger partial charge is 0.496 e. The second-order valence-corrected chi connectivity index (χ2v) is 4.62. The molecule has 0 saturated carbocycles. The van der Waals surface area contributed by atoms with Crippen molar-refractivity contribution in [3.05, 3.63) is 65.7 Å². The van der Waals surface area contributed by atoms with Gasteiger partial charge in [0.1, 0.15) is 5.75 Å². The van der Waals surface area contributed by atoms with Crippen molar-refractivity contribution < 1.29 is 4.74 Å². The fourth-order valence-corrected chi connectivity index (χ4v) is 2.32. The van der Waals surface area contributed by atoms with E-state index in [2.05, 4.69) is 23.5 Å². The molecular formula is C16H18ClNO. The molecule has 0 fully saturated rings. The minimum Gasteiger partial charge on any atom is -0.496 e. The summed E-state index contributed by atoms with van der Waals surface area (Å²) in [5.41, 5.74) is 2.34. The van der Waals surface area contributed by atoms with Crippen molar-refractivity contribution in [3.8, 4) is 5.75 Å². The summed E-state index contributed by atoms with van der Waals surface area (Å²) in [6.07, 6.45) is 0. The molecule has 3 heteroatoms. The van der Waals surface area contributed by atoms with E-state index in [1.165, 1.54) is 5.56 Å². The molecule has 0 spiro atoms. The molecule has 1 unspecified atom stereocenters.